The Morgan fingerprint density at radius 2 is 2.10 bits per heavy atom. The largest absolute Gasteiger partial charge is 0.481 e. The summed E-state index contributed by atoms with van der Waals surface area (Å²) in [5.74, 6) is -2.69. The number of carbonyl (C=O) groups excluding carboxylic acids is 1. The molecule has 1 atom stereocenters. The van der Waals surface area contributed by atoms with Crippen LogP contribution in [0.4, 0.5) is 4.79 Å². The zero-order chi connectivity index (χ0) is 15.1. The highest BCUT2D eigenvalue weighted by molar-refractivity contribution is 7.09. The molecule has 20 heavy (non-hydrogen) atoms. The van der Waals surface area contributed by atoms with Crippen LogP contribution in [0, 0.1) is 6.92 Å². The van der Waals surface area contributed by atoms with Gasteiger partial charge >= 0.3 is 18.0 Å². The third kappa shape index (κ3) is 5.65. The number of aryl methyl sites for hydroxylation is 1. The molecular formula is C11H15N3O5S. The van der Waals surface area contributed by atoms with E-state index in [2.05, 4.69) is 15.6 Å². The van der Waals surface area contributed by atoms with Crippen LogP contribution in [0.25, 0.3) is 0 Å². The van der Waals surface area contributed by atoms with E-state index in [0.29, 0.717) is 6.42 Å². The summed E-state index contributed by atoms with van der Waals surface area (Å²) in [5, 5.41) is 24.6. The second-order valence-electron chi connectivity index (χ2n) is 4.02. The highest BCUT2D eigenvalue weighted by Gasteiger charge is 2.22. The van der Waals surface area contributed by atoms with E-state index in [1.165, 1.54) is 11.3 Å². The molecule has 0 spiro atoms. The van der Waals surface area contributed by atoms with E-state index in [4.69, 9.17) is 10.2 Å². The van der Waals surface area contributed by atoms with Crippen LogP contribution in [0.1, 0.15) is 17.1 Å². The van der Waals surface area contributed by atoms with Gasteiger partial charge in [0.25, 0.3) is 0 Å². The summed E-state index contributed by atoms with van der Waals surface area (Å²) in [6.45, 7) is 2.15. The molecule has 1 aromatic heterocycles. The Labute approximate surface area is 118 Å². The maximum atomic E-state index is 11.4. The van der Waals surface area contributed by atoms with Crippen molar-refractivity contribution in [3.8, 4) is 0 Å². The summed E-state index contributed by atoms with van der Waals surface area (Å²) >= 11 is 1.47. The third-order valence-corrected chi connectivity index (χ3v) is 3.30. The SMILES string of the molecule is Cc1csc(CCNC(=O)N[C@H](CC(=O)O)C(=O)O)n1. The molecule has 0 aromatic carbocycles. The monoisotopic (exact) mass is 301 g/mol. The van der Waals surface area contributed by atoms with Gasteiger partial charge in [-0.3, -0.25) is 4.79 Å². The minimum Gasteiger partial charge on any atom is -0.481 e. The molecule has 0 bridgehead atoms. The smallest absolute Gasteiger partial charge is 0.326 e. The van der Waals surface area contributed by atoms with Gasteiger partial charge in [0.15, 0.2) is 0 Å². The van der Waals surface area contributed by atoms with Crippen molar-refractivity contribution in [2.24, 2.45) is 0 Å². The molecule has 9 heteroatoms. The summed E-state index contributed by atoms with van der Waals surface area (Å²) in [6, 6.07) is -2.17. The third-order valence-electron chi connectivity index (χ3n) is 2.27. The van der Waals surface area contributed by atoms with Crippen molar-refractivity contribution in [3.05, 3.63) is 16.1 Å². The van der Waals surface area contributed by atoms with Gasteiger partial charge in [-0.2, -0.15) is 0 Å². The van der Waals surface area contributed by atoms with Crippen molar-refractivity contribution in [3.63, 3.8) is 0 Å². The average Bonchev–Trinajstić information content (AvgIpc) is 2.73. The quantitative estimate of drug-likeness (QED) is 0.570. The van der Waals surface area contributed by atoms with Gasteiger partial charge in [0, 0.05) is 24.0 Å². The lowest BCUT2D eigenvalue weighted by Gasteiger charge is -2.12. The fraction of sp³-hybridized carbons (Fsp3) is 0.455. The van der Waals surface area contributed by atoms with E-state index in [1.54, 1.807) is 0 Å². The van der Waals surface area contributed by atoms with Crippen LogP contribution in [-0.2, 0) is 16.0 Å². The van der Waals surface area contributed by atoms with Crippen LogP contribution < -0.4 is 10.6 Å². The summed E-state index contributed by atoms with van der Waals surface area (Å²) in [5.41, 5.74) is 0.904. The van der Waals surface area contributed by atoms with Gasteiger partial charge in [-0.25, -0.2) is 14.6 Å². The van der Waals surface area contributed by atoms with Crippen molar-refractivity contribution in [1.82, 2.24) is 15.6 Å². The zero-order valence-electron chi connectivity index (χ0n) is 10.8. The van der Waals surface area contributed by atoms with Gasteiger partial charge in [-0.1, -0.05) is 0 Å². The number of urea groups is 1. The van der Waals surface area contributed by atoms with Gasteiger partial charge < -0.3 is 20.8 Å². The predicted molar refractivity (Wildman–Crippen MR) is 70.8 cm³/mol. The number of hydrogen-bond acceptors (Lipinski definition) is 5. The lowest BCUT2D eigenvalue weighted by atomic mass is 10.2. The topological polar surface area (TPSA) is 129 Å². The van der Waals surface area contributed by atoms with Crippen LogP contribution in [0.3, 0.4) is 0 Å². The van der Waals surface area contributed by atoms with Gasteiger partial charge in [0.1, 0.15) is 6.04 Å². The summed E-state index contributed by atoms with van der Waals surface area (Å²) in [6.07, 6.45) is -0.142. The molecule has 0 fully saturated rings. The van der Waals surface area contributed by atoms with Crippen molar-refractivity contribution in [2.75, 3.05) is 6.54 Å². The summed E-state index contributed by atoms with van der Waals surface area (Å²) in [7, 11) is 0. The molecule has 0 aliphatic heterocycles. The Morgan fingerprint density at radius 1 is 1.40 bits per heavy atom. The maximum absolute atomic E-state index is 11.4. The van der Waals surface area contributed by atoms with E-state index >= 15 is 0 Å². The van der Waals surface area contributed by atoms with Crippen molar-refractivity contribution in [2.45, 2.75) is 25.8 Å². The van der Waals surface area contributed by atoms with E-state index in [-0.39, 0.29) is 6.54 Å². The summed E-state index contributed by atoms with van der Waals surface area (Å²) in [4.78, 5) is 36.9. The zero-order valence-corrected chi connectivity index (χ0v) is 11.6. The minimum absolute atomic E-state index is 0.290. The number of hydrogen-bond donors (Lipinski definition) is 4. The maximum Gasteiger partial charge on any atom is 0.326 e. The molecule has 1 rings (SSSR count). The van der Waals surface area contributed by atoms with Gasteiger partial charge in [-0.15, -0.1) is 11.3 Å². The molecule has 0 radical (unpaired) electrons. The minimum atomic E-state index is -1.45. The molecular weight excluding hydrogens is 286 g/mol. The second-order valence-corrected chi connectivity index (χ2v) is 4.96. The lowest BCUT2D eigenvalue weighted by Crippen LogP contribution is -2.47. The normalized spacial score (nSPS) is 11.7. The molecule has 1 aromatic rings. The molecule has 110 valence electrons. The summed E-state index contributed by atoms with van der Waals surface area (Å²) < 4.78 is 0. The van der Waals surface area contributed by atoms with Crippen molar-refractivity contribution < 1.29 is 24.6 Å². The molecule has 0 saturated heterocycles. The Balaban J connectivity index is 2.34. The predicted octanol–water partition coefficient (Wildman–Crippen LogP) is 0.221. The fourth-order valence-corrected chi connectivity index (χ4v) is 2.16. The number of aromatic nitrogens is 1. The van der Waals surface area contributed by atoms with E-state index in [9.17, 15) is 14.4 Å². The molecule has 0 saturated carbocycles. The first kappa shape index (κ1) is 15.9. The molecule has 0 aliphatic carbocycles. The fourth-order valence-electron chi connectivity index (χ4n) is 1.38. The van der Waals surface area contributed by atoms with E-state index < -0.39 is 30.4 Å². The first-order valence-corrected chi connectivity index (χ1v) is 6.66. The second kappa shape index (κ2) is 7.43. The number of aliphatic carboxylic acids is 2. The number of nitrogens with one attached hydrogen (secondary N) is 2. The van der Waals surface area contributed by atoms with Gasteiger partial charge in [0.05, 0.1) is 11.4 Å². The van der Waals surface area contributed by atoms with Crippen LogP contribution in [0.5, 0.6) is 0 Å². The number of nitrogens with zero attached hydrogens (tertiary/aromatic N) is 1. The molecule has 4 N–H and O–H groups in total. The Bertz CT molecular complexity index is 502. The van der Waals surface area contributed by atoms with Crippen molar-refractivity contribution in [1.29, 1.82) is 0 Å². The number of carboxylic acid groups (broad SMARTS) is 2. The number of carbonyl (C=O) groups is 3. The van der Waals surface area contributed by atoms with E-state index in [1.807, 2.05) is 12.3 Å². The number of carboxylic acids is 2. The first-order valence-electron chi connectivity index (χ1n) is 5.78. The molecule has 0 unspecified atom stereocenters. The van der Waals surface area contributed by atoms with Crippen LogP contribution in [0.15, 0.2) is 5.38 Å². The van der Waals surface area contributed by atoms with Crippen LogP contribution in [-0.4, -0.2) is 45.8 Å². The molecule has 2 amide bonds. The highest BCUT2D eigenvalue weighted by atomic mass is 32.1. The first-order chi connectivity index (χ1) is 9.38. The van der Waals surface area contributed by atoms with Gasteiger partial charge in [0.2, 0.25) is 0 Å². The standard InChI is InChI=1S/C11H15N3O5S/c1-6-5-20-8(13-6)2-3-12-11(19)14-7(10(17)18)4-9(15)16/h5,7H,2-4H2,1H3,(H,15,16)(H,17,18)(H2,12,14,19)/t7-/m1/s1. The number of thiazole rings is 1. The van der Waals surface area contributed by atoms with Crippen molar-refractivity contribution >= 4 is 29.3 Å². The van der Waals surface area contributed by atoms with E-state index in [0.717, 1.165) is 10.7 Å². The molecule has 1 heterocycles. The Hall–Kier alpha value is -2.16. The Morgan fingerprint density at radius 3 is 2.60 bits per heavy atom. The van der Waals surface area contributed by atoms with Gasteiger partial charge in [-0.05, 0) is 6.92 Å². The van der Waals surface area contributed by atoms with Crippen LogP contribution in [0.2, 0.25) is 0 Å². The average molecular weight is 301 g/mol. The number of rotatable bonds is 7. The molecule has 0 aliphatic rings. The lowest BCUT2D eigenvalue weighted by molar-refractivity contribution is -0.145. The van der Waals surface area contributed by atoms with Crippen LogP contribution >= 0.6 is 11.3 Å². The Kier molecular flexibility index (Phi) is 5.91. The number of amides is 2. The highest BCUT2D eigenvalue weighted by Crippen LogP contribution is 2.08. The molecule has 8 nitrogen and oxygen atoms in total.